The number of allylic oxidation sites excluding steroid dienone is 1. The fourth-order valence-corrected chi connectivity index (χ4v) is 4.64. The third-order valence-electron chi connectivity index (χ3n) is 6.46. The van der Waals surface area contributed by atoms with Gasteiger partial charge in [-0.05, 0) is 60.9 Å². The molecule has 0 amide bonds. The lowest BCUT2D eigenvalue weighted by atomic mass is 9.94. The Morgan fingerprint density at radius 1 is 0.846 bits per heavy atom. The Morgan fingerprint density at radius 2 is 1.51 bits per heavy atom. The summed E-state index contributed by atoms with van der Waals surface area (Å²) in [6, 6.07) is 26.3. The summed E-state index contributed by atoms with van der Waals surface area (Å²) in [5.74, 6) is 0.432. The van der Waals surface area contributed by atoms with E-state index in [1.165, 1.54) is 0 Å². The summed E-state index contributed by atoms with van der Waals surface area (Å²) in [6.07, 6.45) is 4.59. The number of aromatic hydroxyl groups is 2. The molecule has 0 atom stereocenters. The van der Waals surface area contributed by atoms with Crippen LogP contribution in [0.5, 0.6) is 11.5 Å². The second-order valence-electron chi connectivity index (χ2n) is 9.02. The van der Waals surface area contributed by atoms with Gasteiger partial charge in [0, 0.05) is 29.7 Å². The van der Waals surface area contributed by atoms with Crippen LogP contribution >= 0.6 is 0 Å². The average molecular weight is 519 g/mol. The number of aromatic nitrogens is 2. The predicted octanol–water partition coefficient (Wildman–Crippen LogP) is 7.37. The Kier molecular flexibility index (Phi) is 7.70. The smallest absolute Gasteiger partial charge is 0.155 e. The van der Waals surface area contributed by atoms with Crippen molar-refractivity contribution in [2.24, 2.45) is 0 Å². The van der Waals surface area contributed by atoms with Crippen molar-refractivity contribution in [1.29, 1.82) is 0 Å². The van der Waals surface area contributed by atoms with E-state index < -0.39 is 0 Å². The van der Waals surface area contributed by atoms with Crippen LogP contribution in [0.2, 0.25) is 0 Å². The zero-order chi connectivity index (χ0) is 27.2. The van der Waals surface area contributed by atoms with Gasteiger partial charge in [-0.2, -0.15) is 0 Å². The first-order valence-corrected chi connectivity index (χ1v) is 12.9. The fourth-order valence-electron chi connectivity index (χ4n) is 4.64. The Labute approximate surface area is 227 Å². The predicted molar refractivity (Wildman–Crippen MR) is 158 cm³/mol. The van der Waals surface area contributed by atoms with E-state index in [9.17, 15) is 15.3 Å². The SMILES string of the molecule is CC/C(=C\CCO)c1cc(O)c2c(-c3ccccn3)nc(Nc3ccccc3)c(Nc3ccccc3)c2c1O. The molecule has 2 aromatic heterocycles. The highest BCUT2D eigenvalue weighted by molar-refractivity contribution is 6.13. The molecule has 0 aliphatic carbocycles. The molecule has 0 spiro atoms. The van der Waals surface area contributed by atoms with Crippen molar-refractivity contribution in [3.05, 3.63) is 103 Å². The first-order valence-electron chi connectivity index (χ1n) is 12.9. The van der Waals surface area contributed by atoms with Crippen LogP contribution < -0.4 is 10.6 Å². The number of nitrogens with zero attached hydrogens (tertiary/aromatic N) is 2. The molecule has 0 aliphatic rings. The van der Waals surface area contributed by atoms with Crippen molar-refractivity contribution >= 4 is 39.2 Å². The molecule has 0 fully saturated rings. The van der Waals surface area contributed by atoms with Gasteiger partial charge in [-0.15, -0.1) is 0 Å². The van der Waals surface area contributed by atoms with Crippen molar-refractivity contribution < 1.29 is 15.3 Å². The van der Waals surface area contributed by atoms with Gasteiger partial charge < -0.3 is 26.0 Å². The first kappa shape index (κ1) is 25.8. The Bertz CT molecular complexity index is 1610. The number of aliphatic hydroxyl groups excluding tert-OH is 1. The minimum absolute atomic E-state index is 0.00274. The summed E-state index contributed by atoms with van der Waals surface area (Å²) < 4.78 is 0. The molecule has 196 valence electrons. The summed E-state index contributed by atoms with van der Waals surface area (Å²) >= 11 is 0. The molecule has 2 heterocycles. The molecule has 0 aliphatic heterocycles. The second kappa shape index (κ2) is 11.7. The van der Waals surface area contributed by atoms with E-state index in [1.807, 2.05) is 91.9 Å². The lowest BCUT2D eigenvalue weighted by Crippen LogP contribution is -2.04. The van der Waals surface area contributed by atoms with Gasteiger partial charge in [0.25, 0.3) is 0 Å². The van der Waals surface area contributed by atoms with Gasteiger partial charge in [-0.25, -0.2) is 4.98 Å². The van der Waals surface area contributed by atoms with Crippen molar-refractivity contribution in [2.75, 3.05) is 17.2 Å². The number of phenolic OH excluding ortho intramolecular Hbond substituents is 2. The van der Waals surface area contributed by atoms with Crippen LogP contribution in [0, 0.1) is 0 Å². The van der Waals surface area contributed by atoms with Crippen molar-refractivity contribution in [2.45, 2.75) is 19.8 Å². The molecule has 3 aromatic carbocycles. The minimum atomic E-state index is -0.0309. The molecule has 5 N–H and O–H groups in total. The summed E-state index contributed by atoms with van der Waals surface area (Å²) in [6.45, 7) is 1.96. The molecule has 0 saturated heterocycles. The van der Waals surface area contributed by atoms with Crippen LogP contribution in [0.15, 0.2) is 97.2 Å². The number of para-hydroxylation sites is 2. The molecule has 0 radical (unpaired) electrons. The van der Waals surface area contributed by atoms with Crippen LogP contribution in [0.25, 0.3) is 27.7 Å². The van der Waals surface area contributed by atoms with Gasteiger partial charge >= 0.3 is 0 Å². The molecule has 7 nitrogen and oxygen atoms in total. The van der Waals surface area contributed by atoms with Gasteiger partial charge in [-0.3, -0.25) is 4.98 Å². The van der Waals surface area contributed by atoms with E-state index in [0.717, 1.165) is 16.9 Å². The number of anilines is 4. The van der Waals surface area contributed by atoms with Crippen molar-refractivity contribution in [3.8, 4) is 22.9 Å². The average Bonchev–Trinajstić information content (AvgIpc) is 2.98. The summed E-state index contributed by atoms with van der Waals surface area (Å²) in [5.41, 5.74) is 4.40. The molecule has 0 saturated carbocycles. The van der Waals surface area contributed by atoms with Crippen LogP contribution in [0.3, 0.4) is 0 Å². The molecular formula is C32H30N4O3. The quantitative estimate of drug-likeness (QED) is 0.130. The lowest BCUT2D eigenvalue weighted by Gasteiger charge is -2.21. The Balaban J connectivity index is 1.88. The zero-order valence-corrected chi connectivity index (χ0v) is 21.6. The van der Waals surface area contributed by atoms with Gasteiger partial charge in [0.1, 0.15) is 17.2 Å². The standard InChI is InChI=1S/C32H30N4O3/c1-2-21(12-11-19-37)24-20-26(38)27-28(31(24)39)30(34-22-13-5-3-6-14-22)32(35-23-15-7-4-8-16-23)36-29(27)25-17-9-10-18-33-25/h3-10,12-18,20,34,37-39H,2,11,19H2,1H3,(H,35,36)/b21-12+. The molecular weight excluding hydrogens is 488 g/mol. The maximum absolute atomic E-state index is 11.9. The number of pyridine rings is 2. The molecule has 0 bridgehead atoms. The van der Waals surface area contributed by atoms with Gasteiger partial charge in [0.2, 0.25) is 0 Å². The van der Waals surface area contributed by atoms with E-state index in [-0.39, 0.29) is 18.1 Å². The molecule has 7 heteroatoms. The molecule has 5 rings (SSSR count). The van der Waals surface area contributed by atoms with Crippen LogP contribution in [-0.4, -0.2) is 31.9 Å². The van der Waals surface area contributed by atoms with Gasteiger partial charge in [0.05, 0.1) is 22.2 Å². The Hall–Kier alpha value is -4.88. The van der Waals surface area contributed by atoms with Gasteiger partial charge in [0.15, 0.2) is 5.82 Å². The summed E-state index contributed by atoms with van der Waals surface area (Å²) in [5, 5.41) is 40.4. The topological polar surface area (TPSA) is 111 Å². The largest absolute Gasteiger partial charge is 0.507 e. The van der Waals surface area contributed by atoms with Crippen molar-refractivity contribution in [3.63, 3.8) is 0 Å². The maximum atomic E-state index is 11.9. The number of rotatable bonds is 9. The molecule has 39 heavy (non-hydrogen) atoms. The van der Waals surface area contributed by atoms with Crippen LogP contribution in [-0.2, 0) is 0 Å². The number of fused-ring (bicyclic) bond motifs is 1. The first-order chi connectivity index (χ1) is 19.1. The van der Waals surface area contributed by atoms with E-state index in [0.29, 0.717) is 52.1 Å². The number of benzene rings is 3. The highest BCUT2D eigenvalue weighted by Gasteiger charge is 2.25. The van der Waals surface area contributed by atoms with Crippen LogP contribution in [0.4, 0.5) is 22.9 Å². The van der Waals surface area contributed by atoms with E-state index in [4.69, 9.17) is 4.98 Å². The number of phenols is 2. The highest BCUT2D eigenvalue weighted by Crippen LogP contribution is 2.49. The summed E-state index contributed by atoms with van der Waals surface area (Å²) in [4.78, 5) is 9.46. The van der Waals surface area contributed by atoms with Crippen LogP contribution in [0.1, 0.15) is 25.3 Å². The third-order valence-corrected chi connectivity index (χ3v) is 6.46. The summed E-state index contributed by atoms with van der Waals surface area (Å²) in [7, 11) is 0. The van der Waals surface area contributed by atoms with E-state index in [2.05, 4.69) is 15.6 Å². The molecule has 5 aromatic rings. The lowest BCUT2D eigenvalue weighted by molar-refractivity contribution is 0.302. The highest BCUT2D eigenvalue weighted by atomic mass is 16.3. The van der Waals surface area contributed by atoms with E-state index in [1.54, 1.807) is 12.3 Å². The number of nitrogens with one attached hydrogen (secondary N) is 2. The molecule has 0 unspecified atom stereocenters. The number of aliphatic hydroxyl groups is 1. The van der Waals surface area contributed by atoms with Crippen molar-refractivity contribution in [1.82, 2.24) is 9.97 Å². The third kappa shape index (κ3) is 5.39. The fraction of sp³-hybridized carbons (Fsp3) is 0.125. The van der Waals surface area contributed by atoms with E-state index >= 15 is 0 Å². The Morgan fingerprint density at radius 3 is 2.13 bits per heavy atom. The zero-order valence-electron chi connectivity index (χ0n) is 21.6. The second-order valence-corrected chi connectivity index (χ2v) is 9.02. The monoisotopic (exact) mass is 518 g/mol. The van der Waals surface area contributed by atoms with Gasteiger partial charge in [-0.1, -0.05) is 55.5 Å². The normalized spacial score (nSPS) is 11.5. The number of hydrogen-bond acceptors (Lipinski definition) is 7. The minimum Gasteiger partial charge on any atom is -0.507 e. The number of hydrogen-bond donors (Lipinski definition) is 5. The maximum Gasteiger partial charge on any atom is 0.155 e.